The lowest BCUT2D eigenvalue weighted by molar-refractivity contribution is -0.384. The Hall–Kier alpha value is -4.48. The highest BCUT2D eigenvalue weighted by Gasteiger charge is 2.34. The van der Waals surface area contributed by atoms with Crippen molar-refractivity contribution >= 4 is 29.6 Å². The van der Waals surface area contributed by atoms with Crippen molar-refractivity contribution in [3.8, 4) is 0 Å². The minimum Gasteiger partial charge on any atom is -0.466 e. The number of carbonyl (C=O) groups excluding carboxylic acids is 4. The minimum atomic E-state index is -1.39. The predicted octanol–water partition coefficient (Wildman–Crippen LogP) is 2.94. The number of hydrogen-bond donors (Lipinski definition) is 3. The van der Waals surface area contributed by atoms with Crippen molar-refractivity contribution in [3.05, 3.63) is 75.8 Å². The van der Waals surface area contributed by atoms with Crippen LogP contribution in [0.4, 0.5) is 10.5 Å². The van der Waals surface area contributed by atoms with Crippen LogP contribution in [0.2, 0.25) is 0 Å². The number of alkyl carbamates (subject to hydrolysis) is 1. The molecule has 12 nitrogen and oxygen atoms in total. The molecule has 2 aromatic carbocycles. The van der Waals surface area contributed by atoms with Gasteiger partial charge in [0.05, 0.1) is 18.0 Å². The van der Waals surface area contributed by atoms with Crippen LogP contribution in [0.25, 0.3) is 0 Å². The van der Waals surface area contributed by atoms with E-state index in [1.807, 2.05) is 19.9 Å². The van der Waals surface area contributed by atoms with Crippen LogP contribution >= 0.6 is 0 Å². The van der Waals surface area contributed by atoms with Gasteiger partial charge in [0.2, 0.25) is 11.8 Å². The lowest BCUT2D eigenvalue weighted by Crippen LogP contribution is -2.55. The van der Waals surface area contributed by atoms with Gasteiger partial charge in [0.1, 0.15) is 18.7 Å². The second-order valence-electron chi connectivity index (χ2n) is 9.24. The van der Waals surface area contributed by atoms with E-state index in [0.717, 1.165) is 5.56 Å². The normalized spacial score (nSPS) is 13.0. The molecule has 0 saturated carbocycles. The molecule has 2 rings (SSSR count). The zero-order chi connectivity index (χ0) is 28.9. The summed E-state index contributed by atoms with van der Waals surface area (Å²) in [5.74, 6) is -3.31. The van der Waals surface area contributed by atoms with Crippen molar-refractivity contribution in [2.75, 3.05) is 6.61 Å². The highest BCUT2D eigenvalue weighted by Crippen LogP contribution is 2.27. The molecule has 0 spiro atoms. The Morgan fingerprint density at radius 2 is 1.62 bits per heavy atom. The van der Waals surface area contributed by atoms with E-state index in [0.29, 0.717) is 5.56 Å². The van der Waals surface area contributed by atoms with E-state index in [9.17, 15) is 29.3 Å². The summed E-state index contributed by atoms with van der Waals surface area (Å²) in [5.41, 5.74) is 6.56. The van der Waals surface area contributed by atoms with Crippen LogP contribution in [0.1, 0.15) is 50.7 Å². The molecule has 0 fully saturated rings. The quantitative estimate of drug-likeness (QED) is 0.185. The topological polar surface area (TPSA) is 180 Å². The molecule has 3 atom stereocenters. The number of rotatable bonds is 14. The predicted molar refractivity (Wildman–Crippen MR) is 141 cm³/mol. The Bertz CT molecular complexity index is 1140. The largest absolute Gasteiger partial charge is 0.466 e. The van der Waals surface area contributed by atoms with Crippen LogP contribution < -0.4 is 16.4 Å². The fraction of sp³-hybridized carbons (Fsp3) is 0.407. The van der Waals surface area contributed by atoms with Crippen molar-refractivity contribution in [3.63, 3.8) is 0 Å². The van der Waals surface area contributed by atoms with Crippen molar-refractivity contribution in [1.29, 1.82) is 0 Å². The molecule has 0 heterocycles. The van der Waals surface area contributed by atoms with Gasteiger partial charge < -0.3 is 25.8 Å². The fourth-order valence-corrected chi connectivity index (χ4v) is 3.90. The van der Waals surface area contributed by atoms with E-state index in [1.54, 1.807) is 31.2 Å². The first-order valence-electron chi connectivity index (χ1n) is 12.5. The van der Waals surface area contributed by atoms with Crippen molar-refractivity contribution < 1.29 is 33.6 Å². The molecule has 0 aliphatic carbocycles. The second kappa shape index (κ2) is 15.1. The zero-order valence-electron chi connectivity index (χ0n) is 22.1. The summed E-state index contributed by atoms with van der Waals surface area (Å²) in [6.45, 7) is 5.40. The van der Waals surface area contributed by atoms with Gasteiger partial charge in [0, 0.05) is 18.1 Å². The average Bonchev–Trinajstić information content (AvgIpc) is 2.89. The molecule has 210 valence electrons. The van der Waals surface area contributed by atoms with E-state index >= 15 is 0 Å². The van der Waals surface area contributed by atoms with Crippen LogP contribution in [0.5, 0.6) is 0 Å². The Balaban J connectivity index is 2.25. The number of nitro groups is 1. The standard InChI is InChI=1S/C27H34N4O8/c1-4-38-23(32)15-21(19-10-12-20(13-11-19)31(36)37)24(25(28)33)30-26(34)22(14-17(2)3)29-27(35)39-16-18-8-6-5-7-9-18/h5-13,17,21-22,24H,4,14-16H2,1-3H3,(H2,28,33)(H,29,35)(H,30,34)/t21-,22+,24+/m1/s1. The Morgan fingerprint density at radius 1 is 0.974 bits per heavy atom. The molecule has 12 heteroatoms. The van der Waals surface area contributed by atoms with Crippen LogP contribution in [-0.2, 0) is 30.5 Å². The van der Waals surface area contributed by atoms with Crippen molar-refractivity contribution in [1.82, 2.24) is 10.6 Å². The highest BCUT2D eigenvalue weighted by atomic mass is 16.6. The first-order valence-corrected chi connectivity index (χ1v) is 12.5. The summed E-state index contributed by atoms with van der Waals surface area (Å²) in [7, 11) is 0. The van der Waals surface area contributed by atoms with Crippen LogP contribution in [0, 0.1) is 16.0 Å². The number of benzene rings is 2. The second-order valence-corrected chi connectivity index (χ2v) is 9.24. The number of non-ortho nitro benzene ring substituents is 1. The number of nitro benzene ring substituents is 1. The maximum atomic E-state index is 13.3. The molecule has 0 aromatic heterocycles. The van der Waals surface area contributed by atoms with Gasteiger partial charge in [-0.1, -0.05) is 56.3 Å². The molecule has 0 aliphatic heterocycles. The number of esters is 1. The van der Waals surface area contributed by atoms with Gasteiger partial charge in [-0.15, -0.1) is 0 Å². The van der Waals surface area contributed by atoms with Crippen molar-refractivity contribution in [2.24, 2.45) is 11.7 Å². The van der Waals surface area contributed by atoms with E-state index in [1.165, 1.54) is 24.3 Å². The number of carbonyl (C=O) groups is 4. The summed E-state index contributed by atoms with van der Waals surface area (Å²) in [5, 5.41) is 16.2. The number of nitrogens with two attached hydrogens (primary N) is 1. The first-order chi connectivity index (χ1) is 18.5. The summed E-state index contributed by atoms with van der Waals surface area (Å²) < 4.78 is 10.3. The van der Waals surface area contributed by atoms with E-state index in [4.69, 9.17) is 15.2 Å². The highest BCUT2D eigenvalue weighted by molar-refractivity contribution is 5.91. The molecule has 4 N–H and O–H groups in total. The fourth-order valence-electron chi connectivity index (χ4n) is 3.90. The molecule has 0 unspecified atom stereocenters. The SMILES string of the molecule is CCOC(=O)C[C@H](c1ccc([N+](=O)[O-])cc1)[C@H](NC(=O)[C@H](CC(C)C)NC(=O)OCc1ccccc1)C(N)=O. The minimum absolute atomic E-state index is 0.00560. The lowest BCUT2D eigenvalue weighted by atomic mass is 9.87. The molecule has 2 aromatic rings. The van der Waals surface area contributed by atoms with Gasteiger partial charge in [-0.25, -0.2) is 4.79 Å². The molecular formula is C27H34N4O8. The molecule has 39 heavy (non-hydrogen) atoms. The number of primary amides is 1. The number of nitrogens with zero attached hydrogens (tertiary/aromatic N) is 1. The van der Waals surface area contributed by atoms with Gasteiger partial charge in [-0.3, -0.25) is 24.5 Å². The van der Waals surface area contributed by atoms with Crippen LogP contribution in [0.3, 0.4) is 0 Å². The Morgan fingerprint density at radius 3 is 2.15 bits per heavy atom. The molecule has 0 bridgehead atoms. The van der Waals surface area contributed by atoms with Gasteiger partial charge in [0.15, 0.2) is 0 Å². The molecule has 3 amide bonds. The van der Waals surface area contributed by atoms with Gasteiger partial charge in [0.25, 0.3) is 5.69 Å². The van der Waals surface area contributed by atoms with Gasteiger partial charge in [-0.2, -0.15) is 0 Å². The van der Waals surface area contributed by atoms with E-state index in [-0.39, 0.29) is 37.7 Å². The molecule has 0 aliphatic rings. The van der Waals surface area contributed by atoms with Crippen LogP contribution in [-0.4, -0.2) is 47.5 Å². The maximum absolute atomic E-state index is 13.3. The maximum Gasteiger partial charge on any atom is 0.408 e. The third-order valence-corrected chi connectivity index (χ3v) is 5.76. The summed E-state index contributed by atoms with van der Waals surface area (Å²) >= 11 is 0. The lowest BCUT2D eigenvalue weighted by Gasteiger charge is -2.28. The number of amides is 3. The monoisotopic (exact) mass is 542 g/mol. The Labute approximate surface area is 226 Å². The summed E-state index contributed by atoms with van der Waals surface area (Å²) in [6.07, 6.45) is -0.938. The van der Waals surface area contributed by atoms with Gasteiger partial charge in [-0.05, 0) is 30.4 Å². The van der Waals surface area contributed by atoms with E-state index in [2.05, 4.69) is 10.6 Å². The zero-order valence-corrected chi connectivity index (χ0v) is 22.1. The number of nitrogens with one attached hydrogen (secondary N) is 2. The third-order valence-electron chi connectivity index (χ3n) is 5.76. The van der Waals surface area contributed by atoms with Gasteiger partial charge >= 0.3 is 12.1 Å². The molecule has 0 saturated heterocycles. The van der Waals surface area contributed by atoms with Crippen LogP contribution in [0.15, 0.2) is 54.6 Å². The smallest absolute Gasteiger partial charge is 0.408 e. The summed E-state index contributed by atoms with van der Waals surface area (Å²) in [4.78, 5) is 61.1. The number of ether oxygens (including phenoxy) is 2. The first kappa shape index (κ1) is 30.7. The average molecular weight is 543 g/mol. The Kier molecular flexibility index (Phi) is 11.9. The van der Waals surface area contributed by atoms with E-state index < -0.39 is 46.8 Å². The molecule has 0 radical (unpaired) electrons. The molecular weight excluding hydrogens is 508 g/mol. The number of hydrogen-bond acceptors (Lipinski definition) is 8. The van der Waals surface area contributed by atoms with Crippen molar-refractivity contribution in [2.45, 2.75) is 58.2 Å². The summed E-state index contributed by atoms with van der Waals surface area (Å²) in [6, 6.07) is 11.7. The third kappa shape index (κ3) is 10.1.